The lowest BCUT2D eigenvalue weighted by atomic mass is 9.99. The fraction of sp³-hybridized carbons (Fsp3) is 0.364. The van der Waals surface area contributed by atoms with Crippen LogP contribution in [0.25, 0.3) is 0 Å². The molecule has 0 aliphatic heterocycles. The molecule has 6 nitrogen and oxygen atoms in total. The fourth-order valence-corrected chi connectivity index (χ4v) is 3.05. The molecule has 0 aliphatic carbocycles. The molecule has 0 atom stereocenters. The van der Waals surface area contributed by atoms with Gasteiger partial charge in [-0.25, -0.2) is 4.79 Å². The van der Waals surface area contributed by atoms with Gasteiger partial charge < -0.3 is 19.0 Å². The van der Waals surface area contributed by atoms with Crippen LogP contribution in [0.5, 0.6) is 11.5 Å². The predicted molar refractivity (Wildman–Crippen MR) is 118 cm³/mol. The molecule has 162 valence electrons. The van der Waals surface area contributed by atoms with E-state index in [2.05, 4.69) is 25.9 Å². The van der Waals surface area contributed by atoms with E-state index in [9.17, 15) is 4.79 Å². The van der Waals surface area contributed by atoms with Crippen LogP contribution >= 0.6 is 23.2 Å². The summed E-state index contributed by atoms with van der Waals surface area (Å²) in [5.74, 6) is 0.267. The second-order valence-electron chi connectivity index (χ2n) is 7.63. The molecule has 0 unspecified atom stereocenters. The van der Waals surface area contributed by atoms with Crippen LogP contribution < -0.4 is 9.47 Å². The maximum atomic E-state index is 12.1. The zero-order valence-electron chi connectivity index (χ0n) is 17.6. The van der Waals surface area contributed by atoms with E-state index in [0.717, 1.165) is 0 Å². The average Bonchev–Trinajstić information content (AvgIpc) is 2.68. The van der Waals surface area contributed by atoms with E-state index in [1.165, 1.54) is 14.2 Å². The fourth-order valence-electron chi connectivity index (χ4n) is 2.47. The molecule has 0 spiro atoms. The van der Waals surface area contributed by atoms with Crippen LogP contribution in [0.2, 0.25) is 10.0 Å². The smallest absolute Gasteiger partial charge is 0.360 e. The van der Waals surface area contributed by atoms with Gasteiger partial charge in [0.05, 0.1) is 23.8 Å². The number of hydrogen-bond donors (Lipinski definition) is 0. The first kappa shape index (κ1) is 23.8. The van der Waals surface area contributed by atoms with E-state index in [1.807, 2.05) is 12.1 Å². The molecule has 30 heavy (non-hydrogen) atoms. The molecular formula is C22H25Cl2NO5. The van der Waals surface area contributed by atoms with Crippen molar-refractivity contribution in [1.82, 2.24) is 0 Å². The zero-order chi connectivity index (χ0) is 22.3. The Balaban J connectivity index is 2.22. The highest BCUT2D eigenvalue weighted by molar-refractivity contribution is 6.43. The van der Waals surface area contributed by atoms with Crippen molar-refractivity contribution in [3.05, 3.63) is 57.6 Å². The van der Waals surface area contributed by atoms with E-state index in [1.54, 1.807) is 24.3 Å². The molecule has 0 saturated heterocycles. The zero-order valence-corrected chi connectivity index (χ0v) is 19.1. The number of benzene rings is 2. The van der Waals surface area contributed by atoms with Crippen molar-refractivity contribution in [2.24, 2.45) is 10.6 Å². The summed E-state index contributed by atoms with van der Waals surface area (Å²) in [5, 5.41) is 4.49. The lowest BCUT2D eigenvalue weighted by Crippen LogP contribution is -2.19. The van der Waals surface area contributed by atoms with E-state index in [4.69, 9.17) is 42.3 Å². The van der Waals surface area contributed by atoms with E-state index in [-0.39, 0.29) is 17.7 Å². The number of nitrogens with zero attached hydrogens (tertiary/aromatic N) is 1. The molecule has 0 amide bonds. The van der Waals surface area contributed by atoms with E-state index < -0.39 is 5.97 Å². The lowest BCUT2D eigenvalue weighted by Gasteiger charge is -2.20. The van der Waals surface area contributed by atoms with Gasteiger partial charge in [0.1, 0.15) is 19.5 Å². The Morgan fingerprint density at radius 2 is 1.67 bits per heavy atom. The van der Waals surface area contributed by atoms with Crippen molar-refractivity contribution in [2.45, 2.75) is 27.4 Å². The third-order valence-electron chi connectivity index (χ3n) is 3.85. The normalized spacial score (nSPS) is 11.8. The average molecular weight is 454 g/mol. The monoisotopic (exact) mass is 453 g/mol. The summed E-state index contributed by atoms with van der Waals surface area (Å²) >= 11 is 12.7. The number of halogens is 2. The first-order chi connectivity index (χ1) is 14.2. The lowest BCUT2D eigenvalue weighted by molar-refractivity contribution is -0.132. The Morgan fingerprint density at radius 1 is 1.03 bits per heavy atom. The van der Waals surface area contributed by atoms with Gasteiger partial charge in [-0.05, 0) is 11.0 Å². The SMILES string of the molecule is CO/N=C(/C(=O)OC)c1ccccc1COc1cc(Cl)c(OCC(C)(C)C)c(Cl)c1. The van der Waals surface area contributed by atoms with Gasteiger partial charge in [0.25, 0.3) is 0 Å². The molecule has 0 aromatic heterocycles. The Labute approximate surface area is 186 Å². The number of oxime groups is 1. The Morgan fingerprint density at radius 3 is 2.23 bits per heavy atom. The second kappa shape index (κ2) is 10.5. The summed E-state index contributed by atoms with van der Waals surface area (Å²) in [6.45, 7) is 6.78. The first-order valence-corrected chi connectivity index (χ1v) is 9.94. The van der Waals surface area contributed by atoms with Gasteiger partial charge in [0, 0.05) is 17.7 Å². The van der Waals surface area contributed by atoms with Crippen LogP contribution in [0, 0.1) is 5.41 Å². The van der Waals surface area contributed by atoms with Crippen LogP contribution in [-0.2, 0) is 21.0 Å². The molecule has 0 saturated carbocycles. The first-order valence-electron chi connectivity index (χ1n) is 9.18. The van der Waals surface area contributed by atoms with Crippen LogP contribution in [0.3, 0.4) is 0 Å². The molecule has 0 N–H and O–H groups in total. The quantitative estimate of drug-likeness (QED) is 0.299. The minimum Gasteiger partial charge on any atom is -0.490 e. The Hall–Kier alpha value is -2.44. The van der Waals surface area contributed by atoms with Crippen molar-refractivity contribution in [3.63, 3.8) is 0 Å². The summed E-state index contributed by atoms with van der Waals surface area (Å²) < 4.78 is 16.4. The number of esters is 1. The highest BCUT2D eigenvalue weighted by Gasteiger charge is 2.20. The highest BCUT2D eigenvalue weighted by atomic mass is 35.5. The van der Waals surface area contributed by atoms with Gasteiger partial charge in [-0.2, -0.15) is 0 Å². The summed E-state index contributed by atoms with van der Waals surface area (Å²) in [7, 11) is 2.63. The predicted octanol–water partition coefficient (Wildman–Crippen LogP) is 5.52. The maximum absolute atomic E-state index is 12.1. The largest absolute Gasteiger partial charge is 0.490 e. The minimum atomic E-state index is -0.615. The Kier molecular flexibility index (Phi) is 8.38. The number of methoxy groups -OCH3 is 1. The van der Waals surface area contributed by atoms with Gasteiger partial charge in [-0.15, -0.1) is 0 Å². The Bertz CT molecular complexity index is 899. The summed E-state index contributed by atoms with van der Waals surface area (Å²) in [6.07, 6.45) is 0. The number of ether oxygens (including phenoxy) is 3. The van der Waals surface area contributed by atoms with Gasteiger partial charge in [-0.3, -0.25) is 0 Å². The van der Waals surface area contributed by atoms with Crippen molar-refractivity contribution in [1.29, 1.82) is 0 Å². The number of carbonyl (C=O) groups excluding carboxylic acids is 1. The van der Waals surface area contributed by atoms with E-state index >= 15 is 0 Å². The molecule has 0 aliphatic rings. The highest BCUT2D eigenvalue weighted by Crippen LogP contribution is 2.38. The van der Waals surface area contributed by atoms with Gasteiger partial charge in [0.2, 0.25) is 0 Å². The third kappa shape index (κ3) is 6.54. The molecule has 0 bridgehead atoms. The summed E-state index contributed by atoms with van der Waals surface area (Å²) in [5.41, 5.74) is 1.25. The van der Waals surface area contributed by atoms with Crippen molar-refractivity contribution in [3.8, 4) is 11.5 Å². The molecular weight excluding hydrogens is 429 g/mol. The third-order valence-corrected chi connectivity index (χ3v) is 4.41. The number of carbonyl (C=O) groups is 1. The van der Waals surface area contributed by atoms with Crippen LogP contribution in [0.15, 0.2) is 41.6 Å². The van der Waals surface area contributed by atoms with Gasteiger partial charge in [0.15, 0.2) is 11.5 Å². The molecule has 8 heteroatoms. The molecule has 0 heterocycles. The standard InChI is InChI=1S/C22H25Cl2NO5/c1-22(2,3)13-30-20-17(23)10-15(11-18(20)24)29-12-14-8-6-7-9-16(14)19(25-28-5)21(26)27-4/h6-11H,12-13H2,1-5H3/b25-19+. The van der Waals surface area contributed by atoms with E-state index in [0.29, 0.717) is 39.3 Å². The maximum Gasteiger partial charge on any atom is 0.360 e. The van der Waals surface area contributed by atoms with Gasteiger partial charge in [-0.1, -0.05) is 73.4 Å². The van der Waals surface area contributed by atoms with Crippen molar-refractivity contribution < 1.29 is 23.8 Å². The molecule has 0 radical (unpaired) electrons. The van der Waals surface area contributed by atoms with Crippen LogP contribution in [0.4, 0.5) is 0 Å². The molecule has 2 rings (SSSR count). The van der Waals surface area contributed by atoms with Gasteiger partial charge >= 0.3 is 5.97 Å². The molecule has 2 aromatic rings. The molecule has 2 aromatic carbocycles. The summed E-state index contributed by atoms with van der Waals surface area (Å²) in [4.78, 5) is 16.9. The van der Waals surface area contributed by atoms with Crippen molar-refractivity contribution in [2.75, 3.05) is 20.8 Å². The second-order valence-corrected chi connectivity index (χ2v) is 8.44. The van der Waals surface area contributed by atoms with Crippen LogP contribution in [0.1, 0.15) is 31.9 Å². The summed E-state index contributed by atoms with van der Waals surface area (Å²) in [6, 6.07) is 10.4. The number of hydrogen-bond acceptors (Lipinski definition) is 6. The van der Waals surface area contributed by atoms with Crippen LogP contribution in [-0.4, -0.2) is 32.5 Å². The topological polar surface area (TPSA) is 66.4 Å². The molecule has 0 fully saturated rings. The van der Waals surface area contributed by atoms with Crippen molar-refractivity contribution >= 4 is 34.9 Å². The minimum absolute atomic E-state index is 0.0351. The number of rotatable bonds is 8.